The van der Waals surface area contributed by atoms with E-state index < -0.39 is 0 Å². The first-order chi connectivity index (χ1) is 9.35. The van der Waals surface area contributed by atoms with Crippen LogP contribution in [0, 0.1) is 5.92 Å². The van der Waals surface area contributed by atoms with E-state index >= 15 is 0 Å². The van der Waals surface area contributed by atoms with Crippen molar-refractivity contribution >= 4 is 0 Å². The molecule has 1 aliphatic heterocycles. The predicted octanol–water partition coefficient (Wildman–Crippen LogP) is 3.25. The fraction of sp³-hybridized carbons (Fsp3) is 0.750. The van der Waals surface area contributed by atoms with E-state index in [1.54, 1.807) is 0 Å². The molecule has 2 atom stereocenters. The lowest BCUT2D eigenvalue weighted by Gasteiger charge is -2.13. The third kappa shape index (κ3) is 2.08. The van der Waals surface area contributed by atoms with E-state index in [0.29, 0.717) is 5.92 Å². The lowest BCUT2D eigenvalue weighted by molar-refractivity contribution is 0.515. The highest BCUT2D eigenvalue weighted by Crippen LogP contribution is 2.44. The summed E-state index contributed by atoms with van der Waals surface area (Å²) < 4.78 is 0. The standard InChI is InChI=1S/C16H23N3/c1-2-10-3-4-12(7-10)16-18-14-9-17-8-13(14)15(19-16)11-5-6-11/h10-12,17H,2-9H2,1H3. The van der Waals surface area contributed by atoms with Gasteiger partial charge in [0.15, 0.2) is 0 Å². The van der Waals surface area contributed by atoms with Gasteiger partial charge in [-0.25, -0.2) is 9.97 Å². The van der Waals surface area contributed by atoms with Crippen LogP contribution in [0.25, 0.3) is 0 Å². The fourth-order valence-corrected chi connectivity index (χ4v) is 3.77. The largest absolute Gasteiger partial charge is 0.307 e. The Morgan fingerprint density at radius 2 is 1.89 bits per heavy atom. The van der Waals surface area contributed by atoms with Gasteiger partial charge in [0.25, 0.3) is 0 Å². The SMILES string of the molecule is CCC1CCC(c2nc3c(c(C4CC4)n2)CNC3)C1. The van der Waals surface area contributed by atoms with Crippen molar-refractivity contribution in [2.45, 2.75) is 70.4 Å². The normalized spacial score (nSPS) is 29.7. The van der Waals surface area contributed by atoms with E-state index in [2.05, 4.69) is 12.2 Å². The molecular weight excluding hydrogens is 234 g/mol. The van der Waals surface area contributed by atoms with E-state index in [0.717, 1.165) is 24.9 Å². The maximum absolute atomic E-state index is 5.01. The van der Waals surface area contributed by atoms with Crippen molar-refractivity contribution in [3.8, 4) is 0 Å². The second-order valence-corrected chi connectivity index (χ2v) is 6.55. The van der Waals surface area contributed by atoms with Crippen LogP contribution < -0.4 is 5.32 Å². The molecule has 0 radical (unpaired) electrons. The maximum atomic E-state index is 5.01. The summed E-state index contributed by atoms with van der Waals surface area (Å²) in [5.74, 6) is 3.46. The van der Waals surface area contributed by atoms with Crippen LogP contribution in [-0.2, 0) is 13.1 Å². The summed E-state index contributed by atoms with van der Waals surface area (Å²) in [6.45, 7) is 4.26. The topological polar surface area (TPSA) is 37.8 Å². The van der Waals surface area contributed by atoms with Crippen molar-refractivity contribution in [2.24, 2.45) is 5.92 Å². The zero-order valence-corrected chi connectivity index (χ0v) is 11.8. The highest BCUT2D eigenvalue weighted by molar-refractivity contribution is 5.34. The van der Waals surface area contributed by atoms with Gasteiger partial charge in [-0.1, -0.05) is 13.3 Å². The lowest BCUT2D eigenvalue weighted by atomic mass is 10.0. The third-order valence-corrected chi connectivity index (χ3v) is 5.18. The predicted molar refractivity (Wildman–Crippen MR) is 74.9 cm³/mol. The van der Waals surface area contributed by atoms with Gasteiger partial charge in [-0.2, -0.15) is 0 Å². The fourth-order valence-electron chi connectivity index (χ4n) is 3.77. The van der Waals surface area contributed by atoms with Crippen LogP contribution in [0.4, 0.5) is 0 Å². The lowest BCUT2D eigenvalue weighted by Crippen LogP contribution is -2.08. The van der Waals surface area contributed by atoms with Crippen molar-refractivity contribution in [1.82, 2.24) is 15.3 Å². The number of nitrogens with one attached hydrogen (secondary N) is 1. The average Bonchev–Trinajstić information content (AvgIpc) is 2.99. The first kappa shape index (κ1) is 11.8. The van der Waals surface area contributed by atoms with Gasteiger partial charge in [0, 0.05) is 30.5 Å². The number of nitrogens with zero attached hydrogens (tertiary/aromatic N) is 2. The minimum Gasteiger partial charge on any atom is -0.307 e. The first-order valence-electron chi connectivity index (χ1n) is 7.95. The molecule has 2 fully saturated rings. The van der Waals surface area contributed by atoms with Gasteiger partial charge in [0.2, 0.25) is 0 Å². The van der Waals surface area contributed by atoms with Crippen LogP contribution in [-0.4, -0.2) is 9.97 Å². The zero-order valence-electron chi connectivity index (χ0n) is 11.8. The second kappa shape index (κ2) is 4.55. The Labute approximate surface area is 115 Å². The summed E-state index contributed by atoms with van der Waals surface area (Å²) in [6, 6.07) is 0. The molecular formula is C16H23N3. The van der Waals surface area contributed by atoms with Gasteiger partial charge in [0.05, 0.1) is 11.4 Å². The number of aromatic nitrogens is 2. The quantitative estimate of drug-likeness (QED) is 0.903. The summed E-state index contributed by atoms with van der Waals surface area (Å²) in [5.41, 5.74) is 4.12. The average molecular weight is 257 g/mol. The van der Waals surface area contributed by atoms with Gasteiger partial charge in [0.1, 0.15) is 5.82 Å². The number of fused-ring (bicyclic) bond motifs is 1. The van der Waals surface area contributed by atoms with Gasteiger partial charge in [-0.15, -0.1) is 0 Å². The summed E-state index contributed by atoms with van der Waals surface area (Å²) >= 11 is 0. The van der Waals surface area contributed by atoms with Gasteiger partial charge < -0.3 is 5.32 Å². The van der Waals surface area contributed by atoms with E-state index in [1.807, 2.05) is 0 Å². The molecule has 0 aromatic carbocycles. The van der Waals surface area contributed by atoms with Crippen LogP contribution in [0.15, 0.2) is 0 Å². The molecule has 2 saturated carbocycles. The zero-order chi connectivity index (χ0) is 12.8. The number of rotatable bonds is 3. The molecule has 1 N–H and O–H groups in total. The molecule has 1 aromatic rings. The summed E-state index contributed by atoms with van der Waals surface area (Å²) in [4.78, 5) is 9.91. The minimum absolute atomic E-state index is 0.633. The van der Waals surface area contributed by atoms with Crippen molar-refractivity contribution in [3.05, 3.63) is 22.8 Å². The number of hydrogen-bond acceptors (Lipinski definition) is 3. The van der Waals surface area contributed by atoms with Gasteiger partial charge in [-0.05, 0) is 38.0 Å². The smallest absolute Gasteiger partial charge is 0.132 e. The molecule has 0 bridgehead atoms. The molecule has 0 amide bonds. The summed E-state index contributed by atoms with van der Waals surface area (Å²) in [7, 11) is 0. The van der Waals surface area contributed by atoms with Crippen molar-refractivity contribution in [2.75, 3.05) is 0 Å². The molecule has 4 rings (SSSR count). The van der Waals surface area contributed by atoms with Crippen LogP contribution in [0.2, 0.25) is 0 Å². The van der Waals surface area contributed by atoms with Crippen LogP contribution >= 0.6 is 0 Å². The molecule has 3 heteroatoms. The van der Waals surface area contributed by atoms with Crippen molar-refractivity contribution in [3.63, 3.8) is 0 Å². The number of hydrogen-bond donors (Lipinski definition) is 1. The Bertz CT molecular complexity index is 493. The monoisotopic (exact) mass is 257 g/mol. The molecule has 0 spiro atoms. The van der Waals surface area contributed by atoms with Crippen LogP contribution in [0.3, 0.4) is 0 Å². The molecule has 0 saturated heterocycles. The van der Waals surface area contributed by atoms with Crippen molar-refractivity contribution in [1.29, 1.82) is 0 Å². The maximum Gasteiger partial charge on any atom is 0.132 e. The molecule has 2 heterocycles. The summed E-state index contributed by atoms with van der Waals surface area (Å²) in [5, 5.41) is 3.45. The Morgan fingerprint density at radius 1 is 1.05 bits per heavy atom. The van der Waals surface area contributed by atoms with E-state index in [-0.39, 0.29) is 0 Å². The molecule has 3 nitrogen and oxygen atoms in total. The van der Waals surface area contributed by atoms with E-state index in [4.69, 9.17) is 9.97 Å². The Hall–Kier alpha value is -0.960. The summed E-state index contributed by atoms with van der Waals surface area (Å²) in [6.07, 6.45) is 7.98. The van der Waals surface area contributed by atoms with E-state index in [9.17, 15) is 0 Å². The first-order valence-corrected chi connectivity index (χ1v) is 7.95. The van der Waals surface area contributed by atoms with Gasteiger partial charge in [-0.3, -0.25) is 0 Å². The molecule has 2 unspecified atom stereocenters. The molecule has 1 aromatic heterocycles. The molecule has 19 heavy (non-hydrogen) atoms. The minimum atomic E-state index is 0.633. The Balaban J connectivity index is 1.67. The van der Waals surface area contributed by atoms with Crippen molar-refractivity contribution < 1.29 is 0 Å². The molecule has 3 aliphatic rings. The van der Waals surface area contributed by atoms with E-state index in [1.165, 1.54) is 61.3 Å². The van der Waals surface area contributed by atoms with Gasteiger partial charge >= 0.3 is 0 Å². The molecule has 102 valence electrons. The third-order valence-electron chi connectivity index (χ3n) is 5.18. The Kier molecular flexibility index (Phi) is 2.83. The highest BCUT2D eigenvalue weighted by Gasteiger charge is 2.34. The van der Waals surface area contributed by atoms with Crippen LogP contribution in [0.1, 0.15) is 80.1 Å². The second-order valence-electron chi connectivity index (χ2n) is 6.55. The van der Waals surface area contributed by atoms with Crippen LogP contribution in [0.5, 0.6) is 0 Å². The molecule has 2 aliphatic carbocycles. The Morgan fingerprint density at radius 3 is 2.63 bits per heavy atom. The highest BCUT2D eigenvalue weighted by atomic mass is 15.0.